The Morgan fingerprint density at radius 1 is 1.03 bits per heavy atom. The minimum Gasteiger partial charge on any atom is -0.395 e. The van der Waals surface area contributed by atoms with Crippen LogP contribution in [0.4, 0.5) is 14.5 Å². The smallest absolute Gasteiger partial charge is 0.270 e. The fraction of sp³-hybridized carbons (Fsp3) is 0.250. The van der Waals surface area contributed by atoms with Gasteiger partial charge in [-0.2, -0.15) is 4.37 Å². The number of nitrogens with one attached hydrogen (secondary N) is 1. The number of carbonyl (C=O) groups is 3. The molecule has 184 valence electrons. The third-order valence-electron chi connectivity index (χ3n) is 4.93. The van der Waals surface area contributed by atoms with Crippen molar-refractivity contribution in [1.82, 2.24) is 14.6 Å². The maximum atomic E-state index is 13.8. The van der Waals surface area contributed by atoms with E-state index >= 15 is 0 Å². The summed E-state index contributed by atoms with van der Waals surface area (Å²) in [5.74, 6) is -3.11. The third-order valence-corrected chi connectivity index (χ3v) is 5.78. The van der Waals surface area contributed by atoms with Crippen molar-refractivity contribution in [1.29, 1.82) is 0 Å². The van der Waals surface area contributed by atoms with Gasteiger partial charge in [0.15, 0.2) is 5.69 Å². The Morgan fingerprint density at radius 3 is 2.06 bits per heavy atom. The first kappa shape index (κ1) is 25.8. The Labute approximate surface area is 205 Å². The first-order valence-corrected chi connectivity index (χ1v) is 11.3. The van der Waals surface area contributed by atoms with Crippen LogP contribution in [0.5, 0.6) is 0 Å². The fourth-order valence-corrected chi connectivity index (χ4v) is 4.14. The molecule has 0 unspecified atom stereocenters. The van der Waals surface area contributed by atoms with Crippen LogP contribution in [-0.4, -0.2) is 32.5 Å². The quantitative estimate of drug-likeness (QED) is 0.457. The van der Waals surface area contributed by atoms with Crippen LogP contribution in [0.3, 0.4) is 0 Å². The van der Waals surface area contributed by atoms with E-state index < -0.39 is 40.9 Å². The lowest BCUT2D eigenvalue weighted by Gasteiger charge is -2.33. The molecular formula is C24H25F2N5O3S. The minimum absolute atomic E-state index is 0.0865. The molecular weight excluding hydrogens is 476 g/mol. The molecule has 1 heterocycles. The monoisotopic (exact) mass is 501 g/mol. The summed E-state index contributed by atoms with van der Waals surface area (Å²) in [6, 6.07) is 9.35. The molecule has 1 aromatic heterocycles. The largest absolute Gasteiger partial charge is 0.395 e. The number of hydrogen-bond donors (Lipinski definition) is 3. The van der Waals surface area contributed by atoms with Crippen molar-refractivity contribution in [3.63, 3.8) is 0 Å². The van der Waals surface area contributed by atoms with Crippen LogP contribution in [0.2, 0.25) is 0 Å². The average Bonchev–Trinajstić information content (AvgIpc) is 3.16. The fourth-order valence-electron chi connectivity index (χ4n) is 3.38. The zero-order valence-corrected chi connectivity index (χ0v) is 20.2. The van der Waals surface area contributed by atoms with E-state index in [1.54, 1.807) is 20.8 Å². The summed E-state index contributed by atoms with van der Waals surface area (Å²) in [6.07, 6.45) is 0. The van der Waals surface area contributed by atoms with Crippen molar-refractivity contribution in [2.24, 2.45) is 5.73 Å². The number of carbonyl (C=O) groups excluding carboxylic acids is 3. The molecule has 8 nitrogen and oxygen atoms in total. The highest BCUT2D eigenvalue weighted by molar-refractivity contribution is 7.09. The van der Waals surface area contributed by atoms with Crippen LogP contribution in [0.25, 0.3) is 0 Å². The van der Waals surface area contributed by atoms with E-state index in [1.165, 1.54) is 53.4 Å². The second-order valence-corrected chi connectivity index (χ2v) is 9.66. The first-order valence-electron chi connectivity index (χ1n) is 10.5. The molecule has 1 atom stereocenters. The SMILES string of the molecule is CC(C)(C)NC(=O)[C@H](c1ccc(F)cc1)N(Cc1ccc(F)cc1)C(=O)c1snc(C(N)=O)c1N. The maximum Gasteiger partial charge on any atom is 0.270 e. The molecule has 2 aromatic carbocycles. The Morgan fingerprint density at radius 2 is 1.57 bits per heavy atom. The van der Waals surface area contributed by atoms with Crippen LogP contribution < -0.4 is 16.8 Å². The molecule has 3 aromatic rings. The molecule has 0 aliphatic rings. The normalized spacial score (nSPS) is 12.1. The van der Waals surface area contributed by atoms with Crippen molar-refractivity contribution in [2.45, 2.75) is 38.9 Å². The van der Waals surface area contributed by atoms with Crippen LogP contribution in [0, 0.1) is 11.6 Å². The lowest BCUT2D eigenvalue weighted by atomic mass is 10.0. The van der Waals surface area contributed by atoms with E-state index in [1.807, 2.05) is 0 Å². The Bertz CT molecular complexity index is 1240. The van der Waals surface area contributed by atoms with Gasteiger partial charge in [-0.25, -0.2) is 8.78 Å². The standard InChI is InChI=1S/C24H25F2N5O3S/c1-24(2,3)29-22(33)19(14-6-10-16(26)11-7-14)31(12-13-4-8-15(25)9-5-13)23(34)20-17(27)18(21(28)32)30-35-20/h4-11,19H,12,27H2,1-3H3,(H2,28,32)(H,29,33)/t19-/m0/s1. The van der Waals surface area contributed by atoms with Gasteiger partial charge in [0.1, 0.15) is 22.6 Å². The van der Waals surface area contributed by atoms with Gasteiger partial charge in [0, 0.05) is 12.1 Å². The molecule has 0 bridgehead atoms. The number of rotatable bonds is 7. The van der Waals surface area contributed by atoms with Crippen molar-refractivity contribution in [2.75, 3.05) is 5.73 Å². The highest BCUT2D eigenvalue weighted by atomic mass is 32.1. The van der Waals surface area contributed by atoms with Crippen LogP contribution >= 0.6 is 11.5 Å². The van der Waals surface area contributed by atoms with Gasteiger partial charge < -0.3 is 21.7 Å². The zero-order chi connectivity index (χ0) is 25.9. The van der Waals surface area contributed by atoms with Gasteiger partial charge in [-0.3, -0.25) is 14.4 Å². The summed E-state index contributed by atoms with van der Waals surface area (Å²) >= 11 is 0.675. The van der Waals surface area contributed by atoms with E-state index in [0.717, 1.165) is 0 Å². The van der Waals surface area contributed by atoms with E-state index in [0.29, 0.717) is 22.7 Å². The van der Waals surface area contributed by atoms with Crippen LogP contribution in [0.15, 0.2) is 48.5 Å². The summed E-state index contributed by atoms with van der Waals surface area (Å²) in [5.41, 5.74) is 11.0. The molecule has 3 rings (SSSR count). The summed E-state index contributed by atoms with van der Waals surface area (Å²) in [5, 5.41) is 2.85. The van der Waals surface area contributed by atoms with Gasteiger partial charge in [-0.1, -0.05) is 24.3 Å². The van der Waals surface area contributed by atoms with Crippen molar-refractivity contribution in [3.8, 4) is 0 Å². The molecule has 0 spiro atoms. The molecule has 5 N–H and O–H groups in total. The molecule has 35 heavy (non-hydrogen) atoms. The van der Waals surface area contributed by atoms with Gasteiger partial charge in [0.25, 0.3) is 11.8 Å². The number of amides is 3. The van der Waals surface area contributed by atoms with Gasteiger partial charge >= 0.3 is 0 Å². The number of nitrogens with two attached hydrogens (primary N) is 2. The van der Waals surface area contributed by atoms with Crippen molar-refractivity contribution < 1.29 is 23.2 Å². The van der Waals surface area contributed by atoms with Crippen molar-refractivity contribution >= 4 is 34.9 Å². The highest BCUT2D eigenvalue weighted by Gasteiger charge is 2.36. The van der Waals surface area contributed by atoms with E-state index in [9.17, 15) is 23.2 Å². The molecule has 0 saturated heterocycles. The molecule has 0 aliphatic heterocycles. The number of primary amides is 1. The summed E-state index contributed by atoms with van der Waals surface area (Å²) in [7, 11) is 0. The summed E-state index contributed by atoms with van der Waals surface area (Å²) in [6.45, 7) is 5.21. The molecule has 3 amide bonds. The highest BCUT2D eigenvalue weighted by Crippen LogP contribution is 2.31. The Balaban J connectivity index is 2.15. The zero-order valence-electron chi connectivity index (χ0n) is 19.3. The number of anilines is 1. The molecule has 0 fully saturated rings. The van der Waals surface area contributed by atoms with E-state index in [4.69, 9.17) is 11.5 Å². The third kappa shape index (κ3) is 6.18. The summed E-state index contributed by atoms with van der Waals surface area (Å²) in [4.78, 5) is 40.0. The lowest BCUT2D eigenvalue weighted by molar-refractivity contribution is -0.127. The molecule has 0 aliphatic carbocycles. The Hall–Kier alpha value is -3.86. The number of aromatic nitrogens is 1. The summed E-state index contributed by atoms with van der Waals surface area (Å²) < 4.78 is 31.1. The van der Waals surface area contributed by atoms with Crippen LogP contribution in [0.1, 0.15) is 58.1 Å². The lowest BCUT2D eigenvalue weighted by Crippen LogP contribution is -2.49. The van der Waals surface area contributed by atoms with E-state index in [2.05, 4.69) is 9.69 Å². The van der Waals surface area contributed by atoms with Gasteiger partial charge in [-0.05, 0) is 67.7 Å². The van der Waals surface area contributed by atoms with Gasteiger partial charge in [0.05, 0.1) is 5.69 Å². The maximum absolute atomic E-state index is 13.8. The second-order valence-electron chi connectivity index (χ2n) is 8.89. The number of benzene rings is 2. The van der Waals surface area contributed by atoms with Gasteiger partial charge in [0.2, 0.25) is 5.91 Å². The molecule has 0 radical (unpaired) electrons. The molecule has 0 saturated carbocycles. The van der Waals surface area contributed by atoms with Crippen LogP contribution in [-0.2, 0) is 11.3 Å². The minimum atomic E-state index is -1.22. The number of nitrogens with zero attached hydrogens (tertiary/aromatic N) is 2. The number of hydrogen-bond acceptors (Lipinski definition) is 6. The topological polar surface area (TPSA) is 131 Å². The number of halogens is 2. The predicted molar refractivity (Wildman–Crippen MR) is 128 cm³/mol. The average molecular weight is 502 g/mol. The van der Waals surface area contributed by atoms with E-state index in [-0.39, 0.29) is 22.8 Å². The first-order chi connectivity index (χ1) is 16.4. The second kappa shape index (κ2) is 10.2. The Kier molecular flexibility index (Phi) is 7.49. The van der Waals surface area contributed by atoms with Crippen molar-refractivity contribution in [3.05, 3.63) is 81.9 Å². The van der Waals surface area contributed by atoms with Gasteiger partial charge in [-0.15, -0.1) is 0 Å². The number of nitrogen functional groups attached to an aromatic ring is 1. The molecule has 11 heteroatoms. The predicted octanol–water partition coefficient (Wildman–Crippen LogP) is 3.40.